The third-order valence-corrected chi connectivity index (χ3v) is 6.54. The number of thioether (sulfide) groups is 2. The van der Waals surface area contributed by atoms with Crippen LogP contribution in [0.3, 0.4) is 0 Å². The van der Waals surface area contributed by atoms with Crippen molar-refractivity contribution in [3.05, 3.63) is 79.1 Å². The lowest BCUT2D eigenvalue weighted by atomic mass is 9.95. The molecule has 0 aromatic carbocycles. The fourth-order valence-electron chi connectivity index (χ4n) is 2.49. The Morgan fingerprint density at radius 1 is 0.929 bits per heavy atom. The molecule has 0 fully saturated rings. The van der Waals surface area contributed by atoms with Crippen molar-refractivity contribution in [3.63, 3.8) is 0 Å². The second-order valence-corrected chi connectivity index (χ2v) is 9.14. The standard InChI is InChI=1S/C22H19N3OS2/c1-15-16(2)28-20(27-15)11-9-7-5-6-8-10-19-18(14-25)21(17(12-23)13-24)26-22(19,3)4/h5-11H,1-4H3/b6-5+,9-7+,10-8+. The fraction of sp³-hybridized carbons (Fsp3) is 0.227. The normalized spacial score (nSPS) is 18.8. The van der Waals surface area contributed by atoms with Crippen molar-refractivity contribution in [3.8, 4) is 18.2 Å². The molecule has 28 heavy (non-hydrogen) atoms. The van der Waals surface area contributed by atoms with E-state index in [2.05, 4.69) is 26.0 Å². The first-order chi connectivity index (χ1) is 13.3. The summed E-state index contributed by atoms with van der Waals surface area (Å²) in [6.45, 7) is 7.84. The van der Waals surface area contributed by atoms with Gasteiger partial charge in [0.1, 0.15) is 29.4 Å². The minimum Gasteiger partial charge on any atom is -0.480 e. The van der Waals surface area contributed by atoms with Crippen LogP contribution < -0.4 is 0 Å². The number of hydrogen-bond acceptors (Lipinski definition) is 6. The molecule has 2 rings (SSSR count). The zero-order valence-corrected chi connectivity index (χ0v) is 17.7. The molecule has 0 aliphatic carbocycles. The molecule has 2 aliphatic heterocycles. The Morgan fingerprint density at radius 3 is 2.07 bits per heavy atom. The van der Waals surface area contributed by atoms with E-state index >= 15 is 0 Å². The molecule has 140 valence electrons. The summed E-state index contributed by atoms with van der Waals surface area (Å²) in [5.74, 6) is 0.0541. The summed E-state index contributed by atoms with van der Waals surface area (Å²) in [5.41, 5.74) is -0.118. The molecule has 2 aliphatic rings. The lowest BCUT2D eigenvalue weighted by Gasteiger charge is -2.20. The molecule has 0 unspecified atom stereocenters. The van der Waals surface area contributed by atoms with Crippen LogP contribution in [0.1, 0.15) is 27.7 Å². The maximum Gasteiger partial charge on any atom is 0.172 e. The van der Waals surface area contributed by atoms with Crippen molar-refractivity contribution >= 4 is 23.5 Å². The average Bonchev–Trinajstić information content (AvgIpc) is 3.10. The molecule has 0 radical (unpaired) electrons. The lowest BCUT2D eigenvalue weighted by molar-refractivity contribution is 0.0954. The van der Waals surface area contributed by atoms with Crippen molar-refractivity contribution in [2.45, 2.75) is 33.3 Å². The highest BCUT2D eigenvalue weighted by atomic mass is 32.2. The minimum atomic E-state index is -0.788. The number of nitrogens with zero attached hydrogens (tertiary/aromatic N) is 3. The van der Waals surface area contributed by atoms with E-state index in [0.29, 0.717) is 5.57 Å². The van der Waals surface area contributed by atoms with Crippen molar-refractivity contribution in [2.24, 2.45) is 0 Å². The second kappa shape index (κ2) is 9.38. The molecular formula is C22H19N3OS2. The largest absolute Gasteiger partial charge is 0.480 e. The maximum atomic E-state index is 9.48. The Morgan fingerprint density at radius 2 is 1.50 bits per heavy atom. The molecule has 0 atom stereocenters. The lowest BCUT2D eigenvalue weighted by Crippen LogP contribution is -2.20. The summed E-state index contributed by atoms with van der Waals surface area (Å²) in [4.78, 5) is 2.69. The summed E-state index contributed by atoms with van der Waals surface area (Å²) in [6.07, 6.45) is 13.3. The Bertz CT molecular complexity index is 981. The maximum absolute atomic E-state index is 9.48. The topological polar surface area (TPSA) is 80.6 Å². The molecule has 0 N–H and O–H groups in total. The highest BCUT2D eigenvalue weighted by Gasteiger charge is 2.38. The summed E-state index contributed by atoms with van der Waals surface area (Å²) < 4.78 is 6.97. The van der Waals surface area contributed by atoms with Gasteiger partial charge in [0.15, 0.2) is 11.3 Å². The average molecular weight is 406 g/mol. The van der Waals surface area contributed by atoms with Crippen LogP contribution in [0.4, 0.5) is 0 Å². The quantitative estimate of drug-likeness (QED) is 0.412. The Labute approximate surface area is 174 Å². The number of nitriles is 3. The van der Waals surface area contributed by atoms with Crippen LogP contribution in [-0.4, -0.2) is 5.60 Å². The first-order valence-electron chi connectivity index (χ1n) is 8.47. The zero-order chi connectivity index (χ0) is 20.7. The third kappa shape index (κ3) is 4.90. The van der Waals surface area contributed by atoms with Crippen LogP contribution in [0.25, 0.3) is 0 Å². The smallest absolute Gasteiger partial charge is 0.172 e. The molecule has 0 aromatic rings. The predicted octanol–water partition coefficient (Wildman–Crippen LogP) is 6.16. The van der Waals surface area contributed by atoms with Gasteiger partial charge in [0.05, 0.1) is 0 Å². The first-order valence-corrected chi connectivity index (χ1v) is 10.1. The van der Waals surface area contributed by atoms with Gasteiger partial charge in [-0.15, -0.1) is 0 Å². The number of rotatable bonds is 4. The molecule has 0 bridgehead atoms. The number of hydrogen-bond donors (Lipinski definition) is 0. The van der Waals surface area contributed by atoms with Crippen LogP contribution in [0.5, 0.6) is 0 Å². The number of allylic oxidation sites excluding steroid dienone is 10. The van der Waals surface area contributed by atoms with E-state index < -0.39 is 5.60 Å². The summed E-state index contributed by atoms with van der Waals surface area (Å²) >= 11 is 3.56. The molecular weight excluding hydrogens is 386 g/mol. The van der Waals surface area contributed by atoms with E-state index in [1.807, 2.05) is 30.4 Å². The van der Waals surface area contributed by atoms with E-state index in [0.717, 1.165) is 0 Å². The Kier molecular flexibility index (Phi) is 7.18. The third-order valence-electron chi connectivity index (χ3n) is 4.01. The van der Waals surface area contributed by atoms with Gasteiger partial charge < -0.3 is 4.74 Å². The van der Waals surface area contributed by atoms with E-state index in [1.54, 1.807) is 55.6 Å². The van der Waals surface area contributed by atoms with Gasteiger partial charge in [-0.3, -0.25) is 0 Å². The summed E-state index contributed by atoms with van der Waals surface area (Å²) in [6, 6.07) is 5.63. The highest BCUT2D eigenvalue weighted by molar-refractivity contribution is 8.28. The van der Waals surface area contributed by atoms with Crippen LogP contribution in [-0.2, 0) is 4.74 Å². The second-order valence-electron chi connectivity index (χ2n) is 6.37. The summed E-state index contributed by atoms with van der Waals surface area (Å²) in [7, 11) is 0. The molecule has 0 saturated heterocycles. The molecule has 0 saturated carbocycles. The van der Waals surface area contributed by atoms with Gasteiger partial charge in [-0.05, 0) is 43.6 Å². The van der Waals surface area contributed by atoms with Crippen LogP contribution >= 0.6 is 23.5 Å². The van der Waals surface area contributed by atoms with E-state index in [1.165, 1.54) is 14.0 Å². The molecule has 0 aromatic heterocycles. The van der Waals surface area contributed by atoms with Gasteiger partial charge in [0.25, 0.3) is 0 Å². The van der Waals surface area contributed by atoms with E-state index in [-0.39, 0.29) is 16.9 Å². The van der Waals surface area contributed by atoms with Gasteiger partial charge in [-0.1, -0.05) is 60.0 Å². The van der Waals surface area contributed by atoms with Gasteiger partial charge >= 0.3 is 0 Å². The van der Waals surface area contributed by atoms with Crippen LogP contribution in [0, 0.1) is 34.0 Å². The molecule has 4 nitrogen and oxygen atoms in total. The SMILES string of the molecule is CC1=C(C)SC(=C/C=C/C=C/C=C/C2=C(C#N)C(=C(C#N)C#N)OC2(C)C)S1. The molecule has 6 heteroatoms. The van der Waals surface area contributed by atoms with Crippen molar-refractivity contribution in [2.75, 3.05) is 0 Å². The van der Waals surface area contributed by atoms with Gasteiger partial charge in [-0.25, -0.2) is 0 Å². The summed E-state index contributed by atoms with van der Waals surface area (Å²) in [5, 5.41) is 27.6. The van der Waals surface area contributed by atoms with Crippen LogP contribution in [0.15, 0.2) is 79.1 Å². The monoisotopic (exact) mass is 405 g/mol. The highest BCUT2D eigenvalue weighted by Crippen LogP contribution is 2.48. The van der Waals surface area contributed by atoms with Gasteiger partial charge in [-0.2, -0.15) is 15.8 Å². The fourth-order valence-corrected chi connectivity index (χ4v) is 4.85. The van der Waals surface area contributed by atoms with Crippen LogP contribution in [0.2, 0.25) is 0 Å². The predicted molar refractivity (Wildman–Crippen MR) is 115 cm³/mol. The Balaban J connectivity index is 2.12. The van der Waals surface area contributed by atoms with E-state index in [4.69, 9.17) is 15.3 Å². The van der Waals surface area contributed by atoms with Crippen molar-refractivity contribution in [1.82, 2.24) is 0 Å². The molecule has 0 amide bonds. The minimum absolute atomic E-state index is 0.0541. The molecule has 0 spiro atoms. The van der Waals surface area contributed by atoms with Gasteiger partial charge in [0.2, 0.25) is 0 Å². The van der Waals surface area contributed by atoms with Crippen molar-refractivity contribution < 1.29 is 4.74 Å². The van der Waals surface area contributed by atoms with Gasteiger partial charge in [0, 0.05) is 9.81 Å². The van der Waals surface area contributed by atoms with E-state index in [9.17, 15) is 5.26 Å². The van der Waals surface area contributed by atoms with Crippen molar-refractivity contribution in [1.29, 1.82) is 15.8 Å². The number of ether oxygens (including phenoxy) is 1. The zero-order valence-electron chi connectivity index (χ0n) is 16.1. The first kappa shape index (κ1) is 21.5. The Hall–Kier alpha value is -2.85. The molecule has 2 heterocycles.